The lowest BCUT2D eigenvalue weighted by Crippen LogP contribution is -2.44. The fraction of sp³-hybridized carbons (Fsp3) is 0.368. The molecule has 1 amide bonds. The van der Waals surface area contributed by atoms with E-state index >= 15 is 0 Å². The van der Waals surface area contributed by atoms with Crippen LogP contribution in [0.5, 0.6) is 0 Å². The monoisotopic (exact) mass is 434 g/mol. The van der Waals surface area contributed by atoms with Crippen molar-refractivity contribution in [2.45, 2.75) is 38.1 Å². The van der Waals surface area contributed by atoms with Crippen molar-refractivity contribution in [3.63, 3.8) is 0 Å². The van der Waals surface area contributed by atoms with Gasteiger partial charge in [0.25, 0.3) is 5.91 Å². The number of fused-ring (bicyclic) bond motifs is 1. The molecule has 1 aromatic heterocycles. The van der Waals surface area contributed by atoms with Gasteiger partial charge < -0.3 is 4.90 Å². The van der Waals surface area contributed by atoms with E-state index in [9.17, 15) is 4.79 Å². The van der Waals surface area contributed by atoms with E-state index in [1.807, 2.05) is 21.8 Å². The third-order valence-electron chi connectivity index (χ3n) is 5.17. The number of halogens is 1. The number of aromatic nitrogens is 1. The molecule has 4 nitrogen and oxygen atoms in total. The van der Waals surface area contributed by atoms with E-state index in [0.29, 0.717) is 5.92 Å². The molecular weight excluding hydrogens is 413 g/mol. The first-order chi connectivity index (χ1) is 11.7. The van der Waals surface area contributed by atoms with Gasteiger partial charge in [0.05, 0.1) is 11.6 Å². The lowest BCUT2D eigenvalue weighted by atomic mass is 9.93. The molecule has 2 heterocycles. The van der Waals surface area contributed by atoms with Crippen LogP contribution in [0.4, 0.5) is 0 Å². The van der Waals surface area contributed by atoms with E-state index < -0.39 is 0 Å². The highest BCUT2D eigenvalue weighted by Gasteiger charge is 2.35. The van der Waals surface area contributed by atoms with Gasteiger partial charge in [0.15, 0.2) is 0 Å². The van der Waals surface area contributed by atoms with Gasteiger partial charge in [-0.05, 0) is 37.3 Å². The summed E-state index contributed by atoms with van der Waals surface area (Å²) in [5.41, 5.74) is 4.65. The van der Waals surface area contributed by atoms with Crippen LogP contribution in [0.25, 0.3) is 0 Å². The smallest absolute Gasteiger partial charge is 0.254 e. The van der Waals surface area contributed by atoms with Crippen molar-refractivity contribution >= 4 is 28.8 Å². The molecule has 1 aliphatic carbocycles. The van der Waals surface area contributed by atoms with Crippen molar-refractivity contribution in [1.82, 2.24) is 4.90 Å². The highest BCUT2D eigenvalue weighted by atomic mass is 127. The Hall–Kier alpha value is -1.63. The number of amides is 1. The summed E-state index contributed by atoms with van der Waals surface area (Å²) in [6.45, 7) is 2.92. The maximum atomic E-state index is 13.1. The van der Waals surface area contributed by atoms with Crippen LogP contribution in [-0.2, 0) is 6.42 Å². The molecule has 24 heavy (non-hydrogen) atoms. The van der Waals surface area contributed by atoms with E-state index in [-0.39, 0.29) is 11.9 Å². The van der Waals surface area contributed by atoms with Crippen molar-refractivity contribution < 1.29 is 9.47 Å². The molecule has 5 heteroatoms. The molecule has 4 rings (SSSR count). The summed E-state index contributed by atoms with van der Waals surface area (Å²) in [5, 5.41) is 0. The fourth-order valence-electron chi connectivity index (χ4n) is 3.64. The van der Waals surface area contributed by atoms with Gasteiger partial charge in [0.2, 0.25) is 11.9 Å². The van der Waals surface area contributed by atoms with Gasteiger partial charge >= 0.3 is 0 Å². The SMILES string of the molecule is C[C@@H]1c2ccccc2CCN1C(=O)c1cc[n+](NI)c(C2CC2)c1. The largest absolute Gasteiger partial charge is 0.332 e. The molecule has 2 aromatic rings. The minimum atomic E-state index is 0.127. The second-order valence-electron chi connectivity index (χ2n) is 6.69. The number of hydrogen-bond donors (Lipinski definition) is 1. The highest BCUT2D eigenvalue weighted by Crippen LogP contribution is 2.38. The summed E-state index contributed by atoms with van der Waals surface area (Å²) in [7, 11) is 0. The average Bonchev–Trinajstić information content (AvgIpc) is 3.46. The minimum Gasteiger partial charge on any atom is -0.332 e. The second-order valence-corrected chi connectivity index (χ2v) is 7.17. The zero-order chi connectivity index (χ0) is 16.7. The van der Waals surface area contributed by atoms with Crippen LogP contribution >= 0.6 is 22.9 Å². The first kappa shape index (κ1) is 15.9. The number of rotatable bonds is 3. The molecule has 1 N–H and O–H groups in total. The molecule has 0 unspecified atom stereocenters. The number of hydrogen-bond acceptors (Lipinski definition) is 2. The zero-order valence-electron chi connectivity index (χ0n) is 13.7. The van der Waals surface area contributed by atoms with Gasteiger partial charge in [0.1, 0.15) is 22.9 Å². The highest BCUT2D eigenvalue weighted by molar-refractivity contribution is 14.1. The molecule has 1 aliphatic heterocycles. The third-order valence-corrected chi connectivity index (χ3v) is 5.69. The first-order valence-electron chi connectivity index (χ1n) is 8.50. The fourth-order valence-corrected chi connectivity index (χ4v) is 4.08. The zero-order valence-corrected chi connectivity index (χ0v) is 15.9. The first-order valence-corrected chi connectivity index (χ1v) is 9.58. The van der Waals surface area contributed by atoms with Crippen LogP contribution in [0, 0.1) is 0 Å². The Balaban J connectivity index is 1.64. The Morgan fingerprint density at radius 2 is 2.08 bits per heavy atom. The van der Waals surface area contributed by atoms with Gasteiger partial charge in [-0.1, -0.05) is 28.9 Å². The predicted molar refractivity (Wildman–Crippen MR) is 102 cm³/mol. The Bertz CT molecular complexity index is 788. The van der Waals surface area contributed by atoms with Gasteiger partial charge in [-0.2, -0.15) is 0 Å². The average molecular weight is 434 g/mol. The molecule has 1 aromatic carbocycles. The topological polar surface area (TPSA) is 36.2 Å². The molecule has 0 spiro atoms. The number of benzene rings is 1. The van der Waals surface area contributed by atoms with E-state index in [0.717, 1.165) is 18.5 Å². The summed E-state index contributed by atoms with van der Waals surface area (Å²) in [6, 6.07) is 12.6. The molecule has 2 aliphatic rings. The molecule has 1 fully saturated rings. The minimum absolute atomic E-state index is 0.127. The molecule has 0 saturated heterocycles. The summed E-state index contributed by atoms with van der Waals surface area (Å²) >= 11 is 2.13. The standard InChI is InChI=1S/C19H20IN3O/c1-13-17-5-3-2-4-14(17)8-10-22(13)19(24)16-9-11-23(21-20)18(12-16)15-6-7-15/h2-5,9,11-13,15H,6-8,10H2,1H3/p+1/t13-/m1/s1. The maximum Gasteiger partial charge on any atom is 0.254 e. The van der Waals surface area contributed by atoms with Crippen molar-refractivity contribution in [2.24, 2.45) is 0 Å². The van der Waals surface area contributed by atoms with E-state index in [4.69, 9.17) is 0 Å². The van der Waals surface area contributed by atoms with Crippen LogP contribution < -0.4 is 8.32 Å². The quantitative estimate of drug-likeness (QED) is 0.456. The van der Waals surface area contributed by atoms with Crippen LogP contribution in [0.1, 0.15) is 58.9 Å². The summed E-state index contributed by atoms with van der Waals surface area (Å²) < 4.78 is 5.16. The van der Waals surface area contributed by atoms with Gasteiger partial charge in [-0.15, -0.1) is 3.64 Å². The van der Waals surface area contributed by atoms with Crippen molar-refractivity contribution in [1.29, 1.82) is 0 Å². The van der Waals surface area contributed by atoms with Crippen molar-refractivity contribution in [3.8, 4) is 0 Å². The number of carbonyl (C=O) groups excluding carboxylic acids is 1. The van der Waals surface area contributed by atoms with Crippen LogP contribution in [0.15, 0.2) is 42.6 Å². The summed E-state index contributed by atoms with van der Waals surface area (Å²) in [5.74, 6) is 0.721. The van der Waals surface area contributed by atoms with Gasteiger partial charge in [-0.3, -0.25) is 4.79 Å². The Kier molecular flexibility index (Phi) is 4.20. The number of pyridine rings is 1. The van der Waals surface area contributed by atoms with E-state index in [2.05, 4.69) is 63.8 Å². The molecule has 0 radical (unpaired) electrons. The van der Waals surface area contributed by atoms with E-state index in [1.165, 1.54) is 29.7 Å². The van der Waals surface area contributed by atoms with Crippen LogP contribution in [0.2, 0.25) is 0 Å². The van der Waals surface area contributed by atoms with Crippen molar-refractivity contribution in [3.05, 3.63) is 65.0 Å². The normalized spacial score (nSPS) is 19.8. The van der Waals surface area contributed by atoms with E-state index in [1.54, 1.807) is 0 Å². The molecule has 124 valence electrons. The van der Waals surface area contributed by atoms with Crippen LogP contribution in [0.3, 0.4) is 0 Å². The van der Waals surface area contributed by atoms with Gasteiger partial charge in [0, 0.05) is 24.6 Å². The lowest BCUT2D eigenvalue weighted by molar-refractivity contribution is -0.640. The van der Waals surface area contributed by atoms with Crippen molar-refractivity contribution in [2.75, 3.05) is 10.2 Å². The maximum absolute atomic E-state index is 13.1. The number of nitrogens with zero attached hydrogens (tertiary/aromatic N) is 2. The van der Waals surface area contributed by atoms with Gasteiger partial charge in [-0.25, -0.2) is 0 Å². The molecule has 1 saturated carbocycles. The lowest BCUT2D eigenvalue weighted by Gasteiger charge is -2.35. The second kappa shape index (κ2) is 6.35. The third kappa shape index (κ3) is 2.79. The molecule has 0 bridgehead atoms. The Labute approximate surface area is 156 Å². The molecular formula is C19H21IN3O+. The van der Waals surface area contributed by atoms with Crippen LogP contribution in [-0.4, -0.2) is 17.4 Å². The summed E-state index contributed by atoms with van der Waals surface area (Å²) in [6.07, 6.45) is 5.33. The predicted octanol–water partition coefficient (Wildman–Crippen LogP) is 3.50. The number of carbonyl (C=O) groups is 1. The summed E-state index contributed by atoms with van der Waals surface area (Å²) in [4.78, 5) is 15.1. The molecule has 1 atom stereocenters. The number of nitrogens with one attached hydrogen (secondary N) is 1. The Morgan fingerprint density at radius 3 is 2.83 bits per heavy atom. The Morgan fingerprint density at radius 1 is 1.29 bits per heavy atom.